The summed E-state index contributed by atoms with van der Waals surface area (Å²) in [6.45, 7) is 8.29. The number of amides is 1. The van der Waals surface area contributed by atoms with Crippen molar-refractivity contribution in [3.63, 3.8) is 0 Å². The van der Waals surface area contributed by atoms with E-state index >= 15 is 0 Å². The molecule has 0 radical (unpaired) electrons. The number of nitrogens with one attached hydrogen (secondary N) is 2. The Balaban J connectivity index is 3.02. The number of sulfonamides is 1. The Morgan fingerprint density at radius 3 is 2.48 bits per heavy atom. The molecule has 7 heteroatoms. The van der Waals surface area contributed by atoms with Gasteiger partial charge in [-0.15, -0.1) is 0 Å². The first kappa shape index (κ1) is 19.6. The third-order valence-electron chi connectivity index (χ3n) is 3.21. The number of benzene rings is 1. The second-order valence-electron chi connectivity index (χ2n) is 6.06. The molecule has 1 atom stereocenters. The number of hydrogen-bond acceptors (Lipinski definition) is 4. The van der Waals surface area contributed by atoms with E-state index in [1.807, 2.05) is 13.8 Å². The number of carbonyl (C=O) groups is 1. The molecule has 0 aliphatic heterocycles. The Hall–Kier alpha value is -1.44. The monoisotopic (exact) mass is 342 g/mol. The molecule has 0 saturated carbocycles. The highest BCUT2D eigenvalue weighted by Gasteiger charge is 2.20. The molecule has 0 saturated heterocycles. The molecule has 0 heterocycles. The fourth-order valence-electron chi connectivity index (χ4n) is 2.02. The summed E-state index contributed by atoms with van der Waals surface area (Å²) in [7, 11) is -2.19. The van der Waals surface area contributed by atoms with E-state index in [1.165, 1.54) is 19.2 Å². The van der Waals surface area contributed by atoms with E-state index in [0.29, 0.717) is 18.0 Å². The van der Waals surface area contributed by atoms with Gasteiger partial charge in [0.25, 0.3) is 5.91 Å². The molecule has 0 aromatic heterocycles. The van der Waals surface area contributed by atoms with E-state index in [9.17, 15) is 13.2 Å². The maximum absolute atomic E-state index is 12.4. The van der Waals surface area contributed by atoms with Crippen molar-refractivity contribution in [2.45, 2.75) is 38.6 Å². The second-order valence-corrected chi connectivity index (χ2v) is 7.77. The summed E-state index contributed by atoms with van der Waals surface area (Å²) in [6.07, 6.45) is 0. The highest BCUT2D eigenvalue weighted by Crippen LogP contribution is 2.16. The van der Waals surface area contributed by atoms with Gasteiger partial charge < -0.3 is 10.1 Å². The highest BCUT2D eigenvalue weighted by molar-refractivity contribution is 7.89. The average molecular weight is 342 g/mol. The van der Waals surface area contributed by atoms with E-state index in [2.05, 4.69) is 10.0 Å². The van der Waals surface area contributed by atoms with Crippen molar-refractivity contribution >= 4 is 15.9 Å². The number of methoxy groups -OCH3 is 1. The third-order valence-corrected chi connectivity index (χ3v) is 4.80. The Kier molecular flexibility index (Phi) is 7.18. The first-order valence-corrected chi connectivity index (χ1v) is 9.05. The maximum Gasteiger partial charge on any atom is 0.251 e. The smallest absolute Gasteiger partial charge is 0.251 e. The van der Waals surface area contributed by atoms with E-state index in [1.54, 1.807) is 19.9 Å². The van der Waals surface area contributed by atoms with Crippen molar-refractivity contribution in [2.24, 2.45) is 5.92 Å². The number of ether oxygens (including phenoxy) is 1. The third kappa shape index (κ3) is 5.93. The zero-order chi connectivity index (χ0) is 17.6. The van der Waals surface area contributed by atoms with Crippen molar-refractivity contribution in [3.8, 4) is 0 Å². The fourth-order valence-corrected chi connectivity index (χ4v) is 3.28. The van der Waals surface area contributed by atoms with Crippen molar-refractivity contribution < 1.29 is 17.9 Å². The first-order chi connectivity index (χ1) is 10.7. The molecule has 0 unspecified atom stereocenters. The highest BCUT2D eigenvalue weighted by atomic mass is 32.2. The number of aryl methyl sites for hydroxylation is 1. The van der Waals surface area contributed by atoms with Gasteiger partial charge >= 0.3 is 0 Å². The Morgan fingerprint density at radius 2 is 1.91 bits per heavy atom. The number of carbonyl (C=O) groups excluding carboxylic acids is 1. The van der Waals surface area contributed by atoms with Gasteiger partial charge in [0.05, 0.1) is 11.5 Å². The molecular weight excluding hydrogens is 316 g/mol. The molecular formula is C16H26N2O4S. The van der Waals surface area contributed by atoms with Crippen LogP contribution in [0.3, 0.4) is 0 Å². The van der Waals surface area contributed by atoms with Crippen LogP contribution in [0.25, 0.3) is 0 Å². The second kappa shape index (κ2) is 8.42. The first-order valence-electron chi connectivity index (χ1n) is 7.57. The number of rotatable bonds is 8. The van der Waals surface area contributed by atoms with Gasteiger partial charge in [-0.25, -0.2) is 13.1 Å². The number of hydrogen-bond donors (Lipinski definition) is 2. The standard InChI is InChI=1S/C16H26N2O4S/c1-11(2)9-17-16(19)15-8-14(7-6-12(15)3)23(20,21)18-13(4)10-22-5/h6-8,11,13,18H,9-10H2,1-5H3,(H,17,19)/t13-/m1/s1. The summed E-state index contributed by atoms with van der Waals surface area (Å²) in [5.74, 6) is 0.0564. The van der Waals surface area contributed by atoms with Crippen LogP contribution < -0.4 is 10.0 Å². The Morgan fingerprint density at radius 1 is 1.26 bits per heavy atom. The molecule has 1 aromatic rings. The Labute approximate surface area is 138 Å². The van der Waals surface area contributed by atoms with Crippen LogP contribution in [-0.2, 0) is 14.8 Å². The van der Waals surface area contributed by atoms with Gasteiger partial charge in [0.1, 0.15) is 0 Å². The molecule has 1 rings (SSSR count). The average Bonchev–Trinajstić information content (AvgIpc) is 2.44. The Bertz CT molecular complexity index is 641. The quantitative estimate of drug-likeness (QED) is 0.753. The topological polar surface area (TPSA) is 84.5 Å². The lowest BCUT2D eigenvalue weighted by Crippen LogP contribution is -2.35. The molecule has 130 valence electrons. The zero-order valence-corrected chi connectivity index (χ0v) is 15.2. The molecule has 0 aliphatic carbocycles. The van der Waals surface area contributed by atoms with E-state index in [4.69, 9.17) is 4.74 Å². The van der Waals surface area contributed by atoms with Crippen LogP contribution in [0.5, 0.6) is 0 Å². The SMILES string of the molecule is COC[C@@H](C)NS(=O)(=O)c1ccc(C)c(C(=O)NCC(C)C)c1. The molecule has 0 fully saturated rings. The van der Waals surface area contributed by atoms with Crippen molar-refractivity contribution in [1.29, 1.82) is 0 Å². The summed E-state index contributed by atoms with van der Waals surface area (Å²) in [4.78, 5) is 12.3. The maximum atomic E-state index is 12.4. The largest absolute Gasteiger partial charge is 0.383 e. The van der Waals surface area contributed by atoms with Gasteiger partial charge in [-0.3, -0.25) is 4.79 Å². The van der Waals surface area contributed by atoms with Crippen molar-refractivity contribution in [2.75, 3.05) is 20.3 Å². The van der Waals surface area contributed by atoms with Gasteiger partial charge in [0.2, 0.25) is 10.0 Å². The van der Waals surface area contributed by atoms with Crippen LogP contribution in [0.1, 0.15) is 36.7 Å². The fraction of sp³-hybridized carbons (Fsp3) is 0.562. The van der Waals surface area contributed by atoms with Gasteiger partial charge in [-0.2, -0.15) is 0 Å². The lowest BCUT2D eigenvalue weighted by Gasteiger charge is -2.15. The van der Waals surface area contributed by atoms with Crippen molar-refractivity contribution in [3.05, 3.63) is 29.3 Å². The van der Waals surface area contributed by atoms with Crippen LogP contribution in [0, 0.1) is 12.8 Å². The van der Waals surface area contributed by atoms with Crippen LogP contribution in [-0.4, -0.2) is 40.6 Å². The molecule has 0 bridgehead atoms. The minimum atomic E-state index is -3.70. The molecule has 6 nitrogen and oxygen atoms in total. The molecule has 1 amide bonds. The van der Waals surface area contributed by atoms with Gasteiger partial charge in [-0.1, -0.05) is 19.9 Å². The summed E-state index contributed by atoms with van der Waals surface area (Å²) >= 11 is 0. The summed E-state index contributed by atoms with van der Waals surface area (Å²) < 4.78 is 32.2. The molecule has 0 spiro atoms. The van der Waals surface area contributed by atoms with Gasteiger partial charge in [0.15, 0.2) is 0 Å². The van der Waals surface area contributed by atoms with Gasteiger partial charge in [-0.05, 0) is 37.5 Å². The molecule has 23 heavy (non-hydrogen) atoms. The van der Waals surface area contributed by atoms with Crippen molar-refractivity contribution in [1.82, 2.24) is 10.0 Å². The molecule has 2 N–H and O–H groups in total. The summed E-state index contributed by atoms with van der Waals surface area (Å²) in [5, 5.41) is 2.80. The zero-order valence-electron chi connectivity index (χ0n) is 14.3. The molecule has 0 aliphatic rings. The van der Waals surface area contributed by atoms with E-state index in [0.717, 1.165) is 5.56 Å². The van der Waals surface area contributed by atoms with Crippen LogP contribution >= 0.6 is 0 Å². The minimum absolute atomic E-state index is 0.0701. The van der Waals surface area contributed by atoms with Crippen LogP contribution in [0.2, 0.25) is 0 Å². The summed E-state index contributed by atoms with van der Waals surface area (Å²) in [6, 6.07) is 4.19. The normalized spacial score (nSPS) is 13.1. The lowest BCUT2D eigenvalue weighted by atomic mass is 10.1. The van der Waals surface area contributed by atoms with Crippen LogP contribution in [0.4, 0.5) is 0 Å². The van der Waals surface area contributed by atoms with E-state index in [-0.39, 0.29) is 23.5 Å². The van der Waals surface area contributed by atoms with Crippen LogP contribution in [0.15, 0.2) is 23.1 Å². The molecule has 1 aromatic carbocycles. The van der Waals surface area contributed by atoms with Gasteiger partial charge in [0, 0.05) is 25.3 Å². The van der Waals surface area contributed by atoms with E-state index < -0.39 is 10.0 Å². The lowest BCUT2D eigenvalue weighted by molar-refractivity contribution is 0.0948. The predicted octanol–water partition coefficient (Wildman–Crippen LogP) is 1.69. The minimum Gasteiger partial charge on any atom is -0.383 e. The predicted molar refractivity (Wildman–Crippen MR) is 90.0 cm³/mol. The summed E-state index contributed by atoms with van der Waals surface area (Å²) in [5.41, 5.74) is 1.10.